The highest BCUT2D eigenvalue weighted by atomic mass is 31.2. The summed E-state index contributed by atoms with van der Waals surface area (Å²) in [5.41, 5.74) is 0. The van der Waals surface area contributed by atoms with Crippen LogP contribution in [0, 0.1) is 11.8 Å². The minimum Gasteiger partial charge on any atom is -0.424 e. The Morgan fingerprint density at radius 3 is 1.77 bits per heavy atom. The first-order valence-electron chi connectivity index (χ1n) is 10.6. The van der Waals surface area contributed by atoms with E-state index in [9.17, 15) is 14.2 Å². The molecule has 1 N–H and O–H groups in total. The van der Waals surface area contributed by atoms with Crippen molar-refractivity contribution in [3.63, 3.8) is 0 Å². The number of Topliss-reactive ketones (excluding diaryl/α,β-unsaturated/α-hetero) is 1. The summed E-state index contributed by atoms with van der Waals surface area (Å²) in [6.07, 6.45) is 0.306. The molecule has 0 radical (unpaired) electrons. The summed E-state index contributed by atoms with van der Waals surface area (Å²) in [6, 6.07) is 19.5. The van der Waals surface area contributed by atoms with Crippen molar-refractivity contribution in [3.05, 3.63) is 60.7 Å². The van der Waals surface area contributed by atoms with E-state index in [0.29, 0.717) is 6.42 Å². The van der Waals surface area contributed by atoms with Crippen LogP contribution in [0.15, 0.2) is 60.7 Å². The van der Waals surface area contributed by atoms with E-state index in [0.717, 1.165) is 10.4 Å². The largest absolute Gasteiger partial charge is 0.424 e. The average Bonchev–Trinajstić information content (AvgIpc) is 2.79. The lowest BCUT2D eigenvalue weighted by Crippen LogP contribution is -2.67. The molecule has 2 aromatic carbocycles. The Balaban J connectivity index is 2.53. The van der Waals surface area contributed by atoms with E-state index < -0.39 is 21.0 Å². The first-order chi connectivity index (χ1) is 14.6. The van der Waals surface area contributed by atoms with Crippen molar-refractivity contribution >= 4 is 32.1 Å². The van der Waals surface area contributed by atoms with E-state index in [4.69, 9.17) is 9.05 Å². The molecule has 1 unspecified atom stereocenters. The summed E-state index contributed by atoms with van der Waals surface area (Å²) in [5.74, 6) is -0.725. The SMILES string of the molecule is CC[C@H](C(=O)CP(=O)(OC)OC)C(C)C(C)(C)[Si](O)(c1ccccc1)c1ccccc1. The second-order valence-electron chi connectivity index (χ2n) is 8.57. The molecule has 0 saturated heterocycles. The molecule has 0 heterocycles. The van der Waals surface area contributed by atoms with Crippen molar-refractivity contribution in [2.45, 2.75) is 39.2 Å². The molecule has 0 fully saturated rings. The van der Waals surface area contributed by atoms with Crippen LogP contribution in [0.1, 0.15) is 34.1 Å². The standard InChI is InChI=1S/C24H35O5PSi/c1-7-22(23(25)18-30(26,28-5)29-6)19(2)24(3,4)31(27,20-14-10-8-11-15-20)21-16-12-9-13-17-21/h8-17,19,22,27H,7,18H2,1-6H3/t19?,22-/m0/s1. The maximum Gasteiger partial charge on any atom is 0.337 e. The molecule has 2 atom stereocenters. The van der Waals surface area contributed by atoms with Crippen LogP contribution in [0.2, 0.25) is 5.04 Å². The molecule has 0 spiro atoms. The van der Waals surface area contributed by atoms with E-state index in [-0.39, 0.29) is 23.8 Å². The van der Waals surface area contributed by atoms with Gasteiger partial charge in [0.15, 0.2) is 0 Å². The van der Waals surface area contributed by atoms with E-state index in [1.54, 1.807) is 0 Å². The number of benzene rings is 2. The summed E-state index contributed by atoms with van der Waals surface area (Å²) in [6.45, 7) is 8.06. The van der Waals surface area contributed by atoms with E-state index in [1.807, 2.05) is 88.4 Å². The third-order valence-corrected chi connectivity index (χ3v) is 13.3. The molecule has 0 aliphatic carbocycles. The Morgan fingerprint density at radius 2 is 1.42 bits per heavy atom. The molecule has 0 saturated carbocycles. The van der Waals surface area contributed by atoms with Gasteiger partial charge in [0.1, 0.15) is 11.9 Å². The molecule has 170 valence electrons. The minimum atomic E-state index is -3.45. The van der Waals surface area contributed by atoms with Gasteiger partial charge in [0, 0.05) is 20.1 Å². The second-order valence-corrected chi connectivity index (χ2v) is 14.7. The minimum absolute atomic E-state index is 0.160. The third kappa shape index (κ3) is 5.10. The van der Waals surface area contributed by atoms with Crippen LogP contribution < -0.4 is 10.4 Å². The molecule has 0 aromatic heterocycles. The fourth-order valence-corrected chi connectivity index (χ4v) is 9.53. The molecule has 0 bridgehead atoms. The van der Waals surface area contributed by atoms with Gasteiger partial charge < -0.3 is 13.8 Å². The van der Waals surface area contributed by atoms with Gasteiger partial charge in [0.25, 0.3) is 8.32 Å². The lowest BCUT2D eigenvalue weighted by Gasteiger charge is -2.47. The zero-order valence-corrected chi connectivity index (χ0v) is 21.3. The van der Waals surface area contributed by atoms with E-state index in [1.165, 1.54) is 14.2 Å². The van der Waals surface area contributed by atoms with Crippen LogP contribution in [-0.2, 0) is 18.4 Å². The Bertz CT molecular complexity index is 853. The summed E-state index contributed by atoms with van der Waals surface area (Å²) in [4.78, 5) is 25.6. The van der Waals surface area contributed by atoms with Crippen molar-refractivity contribution in [2.24, 2.45) is 11.8 Å². The van der Waals surface area contributed by atoms with Gasteiger partial charge in [-0.3, -0.25) is 9.36 Å². The molecular weight excluding hydrogens is 427 g/mol. The molecule has 5 nitrogen and oxygen atoms in total. The topological polar surface area (TPSA) is 72.8 Å². The predicted octanol–water partition coefficient (Wildman–Crippen LogP) is 4.24. The van der Waals surface area contributed by atoms with Gasteiger partial charge in [-0.1, -0.05) is 88.4 Å². The van der Waals surface area contributed by atoms with Gasteiger partial charge in [-0.25, -0.2) is 0 Å². The molecular formula is C24H35O5PSi. The highest BCUT2D eigenvalue weighted by Gasteiger charge is 2.54. The lowest BCUT2D eigenvalue weighted by molar-refractivity contribution is -0.122. The van der Waals surface area contributed by atoms with Gasteiger partial charge in [-0.2, -0.15) is 0 Å². The van der Waals surface area contributed by atoms with Crippen LogP contribution in [0.25, 0.3) is 0 Å². The summed E-state index contributed by atoms with van der Waals surface area (Å²) >= 11 is 0. The lowest BCUT2D eigenvalue weighted by atomic mass is 9.80. The Labute approximate surface area is 187 Å². The molecule has 2 aromatic rings. The van der Waals surface area contributed by atoms with Crippen LogP contribution in [-0.4, -0.2) is 39.3 Å². The Hall–Kier alpha value is -1.56. The molecule has 7 heteroatoms. The summed E-state index contributed by atoms with van der Waals surface area (Å²) in [5, 5.41) is 1.20. The quantitative estimate of drug-likeness (QED) is 0.400. The number of carbonyl (C=O) groups excluding carboxylic acids is 1. The van der Waals surface area contributed by atoms with Crippen molar-refractivity contribution in [1.82, 2.24) is 0 Å². The highest BCUT2D eigenvalue weighted by molar-refractivity contribution is 7.54. The zero-order chi connectivity index (χ0) is 23.3. The number of ketones is 1. The number of hydrogen-bond donors (Lipinski definition) is 1. The van der Waals surface area contributed by atoms with Crippen molar-refractivity contribution in [1.29, 1.82) is 0 Å². The van der Waals surface area contributed by atoms with Crippen LogP contribution in [0.4, 0.5) is 0 Å². The van der Waals surface area contributed by atoms with Gasteiger partial charge in [-0.05, 0) is 27.8 Å². The number of hydrogen-bond acceptors (Lipinski definition) is 5. The fourth-order valence-electron chi connectivity index (χ4n) is 4.47. The Kier molecular flexibility index (Phi) is 8.59. The van der Waals surface area contributed by atoms with Gasteiger partial charge >= 0.3 is 7.60 Å². The summed E-state index contributed by atoms with van der Waals surface area (Å²) in [7, 11) is -4.14. The van der Waals surface area contributed by atoms with Crippen LogP contribution >= 0.6 is 7.60 Å². The second kappa shape index (κ2) is 10.4. The van der Waals surface area contributed by atoms with Crippen LogP contribution in [0.3, 0.4) is 0 Å². The van der Waals surface area contributed by atoms with Crippen LogP contribution in [0.5, 0.6) is 0 Å². The normalized spacial score (nSPS) is 14.8. The molecule has 0 amide bonds. The highest BCUT2D eigenvalue weighted by Crippen LogP contribution is 2.50. The summed E-state index contributed by atoms with van der Waals surface area (Å²) < 4.78 is 22.6. The Morgan fingerprint density at radius 1 is 1.00 bits per heavy atom. The van der Waals surface area contributed by atoms with Crippen molar-refractivity contribution in [3.8, 4) is 0 Å². The van der Waals surface area contributed by atoms with E-state index in [2.05, 4.69) is 0 Å². The maximum absolute atomic E-state index is 13.2. The zero-order valence-electron chi connectivity index (χ0n) is 19.4. The van der Waals surface area contributed by atoms with Gasteiger partial charge in [0.05, 0.1) is 0 Å². The monoisotopic (exact) mass is 462 g/mol. The van der Waals surface area contributed by atoms with E-state index >= 15 is 0 Å². The molecule has 0 aliphatic rings. The number of carbonyl (C=O) groups is 1. The van der Waals surface area contributed by atoms with Gasteiger partial charge in [0.2, 0.25) is 0 Å². The fraction of sp³-hybridized carbons (Fsp3) is 0.458. The maximum atomic E-state index is 13.2. The molecule has 0 aliphatic heterocycles. The average molecular weight is 463 g/mol. The first kappa shape index (κ1) is 25.7. The molecule has 31 heavy (non-hydrogen) atoms. The van der Waals surface area contributed by atoms with Crippen molar-refractivity contribution in [2.75, 3.05) is 20.4 Å². The smallest absolute Gasteiger partial charge is 0.337 e. The predicted molar refractivity (Wildman–Crippen MR) is 129 cm³/mol. The third-order valence-electron chi connectivity index (χ3n) is 6.82. The molecule has 2 rings (SSSR count). The first-order valence-corrected chi connectivity index (χ1v) is 14.3. The van der Waals surface area contributed by atoms with Gasteiger partial charge in [-0.15, -0.1) is 0 Å². The number of rotatable bonds is 11. The van der Waals surface area contributed by atoms with Crippen molar-refractivity contribution < 1.29 is 23.2 Å².